The molecule has 8 bridgehead atoms. The van der Waals surface area contributed by atoms with Gasteiger partial charge in [-0.1, -0.05) is 84.9 Å². The standard InChI is InChI=1S/C44H32N6/c45-31-15-11-29(12-16-31)43-37-23-19-33(47-37)41(27-7-3-1-4-8-27)34-20-24-38(48-34)44(30-13-17-32(46)18-14-30)40-26-22-36(50-40)42(28-9-5-2-6-10-28)35-21-25-39(43)49-35/h1-26,47,50H,45-46H2. The number of nitrogens with two attached hydrogens (primary N) is 2. The fourth-order valence-electron chi connectivity index (χ4n) is 6.93. The van der Waals surface area contributed by atoms with Gasteiger partial charge < -0.3 is 21.4 Å². The van der Waals surface area contributed by atoms with Gasteiger partial charge in [0.2, 0.25) is 0 Å². The first kappa shape index (κ1) is 29.2. The SMILES string of the molecule is Nc1ccc(-c2c3nc(c(-c4ccccc4)c4ccc([nH]4)c(-c4ccc(N)cc4)c4nc(c(-c5ccccc5)c5ccc2[nH]5)C=C4)C=C3)cc1. The summed E-state index contributed by atoms with van der Waals surface area (Å²) in [7, 11) is 0. The predicted molar refractivity (Wildman–Crippen MR) is 209 cm³/mol. The molecule has 50 heavy (non-hydrogen) atoms. The predicted octanol–water partition coefficient (Wildman–Crippen LogP) is 10.5. The monoisotopic (exact) mass is 644 g/mol. The Morgan fingerprint density at radius 3 is 0.900 bits per heavy atom. The molecular formula is C44H32N6. The molecule has 6 N–H and O–H groups in total. The van der Waals surface area contributed by atoms with Crippen LogP contribution in [0, 0.1) is 0 Å². The lowest BCUT2D eigenvalue weighted by molar-refractivity contribution is 1.31. The third kappa shape index (κ3) is 5.16. The first-order valence-electron chi connectivity index (χ1n) is 16.6. The molecule has 0 saturated heterocycles. The molecule has 5 heterocycles. The number of aromatic amines is 2. The van der Waals surface area contributed by atoms with E-state index in [1.54, 1.807) is 0 Å². The summed E-state index contributed by atoms with van der Waals surface area (Å²) in [5.74, 6) is 0. The van der Waals surface area contributed by atoms with Crippen LogP contribution in [0.15, 0.2) is 133 Å². The van der Waals surface area contributed by atoms with Crippen molar-refractivity contribution >= 4 is 57.7 Å². The van der Waals surface area contributed by atoms with Gasteiger partial charge in [-0.3, -0.25) is 0 Å². The number of rotatable bonds is 4. The number of hydrogen-bond acceptors (Lipinski definition) is 4. The fraction of sp³-hybridized carbons (Fsp3) is 0. The van der Waals surface area contributed by atoms with E-state index < -0.39 is 0 Å². The average Bonchev–Trinajstić information content (AvgIpc) is 3.98. The molecule has 3 aromatic heterocycles. The number of nitrogens with one attached hydrogen (secondary N) is 2. The molecule has 6 heteroatoms. The van der Waals surface area contributed by atoms with Gasteiger partial charge in [0.25, 0.3) is 0 Å². The van der Waals surface area contributed by atoms with Crippen molar-refractivity contribution in [2.45, 2.75) is 0 Å². The zero-order valence-corrected chi connectivity index (χ0v) is 27.1. The average molecular weight is 645 g/mol. The van der Waals surface area contributed by atoms with Crippen molar-refractivity contribution in [3.8, 4) is 44.5 Å². The molecule has 2 aliphatic rings. The topological polar surface area (TPSA) is 109 Å². The summed E-state index contributed by atoms with van der Waals surface area (Å²) in [6, 6.07) is 45.3. The highest BCUT2D eigenvalue weighted by atomic mass is 14.8. The number of anilines is 2. The Balaban J connectivity index is 1.47. The molecule has 0 spiro atoms. The van der Waals surface area contributed by atoms with Gasteiger partial charge in [0.1, 0.15) is 0 Å². The van der Waals surface area contributed by atoms with Crippen LogP contribution < -0.4 is 11.5 Å². The molecule has 0 unspecified atom stereocenters. The van der Waals surface area contributed by atoms with E-state index in [1.165, 1.54) is 0 Å². The molecule has 0 fully saturated rings. The third-order valence-electron chi connectivity index (χ3n) is 9.28. The molecule has 6 nitrogen and oxygen atoms in total. The highest BCUT2D eigenvalue weighted by Gasteiger charge is 2.18. The van der Waals surface area contributed by atoms with Crippen LogP contribution in [0.1, 0.15) is 22.8 Å². The highest BCUT2D eigenvalue weighted by molar-refractivity contribution is 5.99. The Kier molecular flexibility index (Phi) is 6.99. The maximum Gasteiger partial charge on any atom is 0.0737 e. The zero-order chi connectivity index (χ0) is 33.6. The van der Waals surface area contributed by atoms with Crippen molar-refractivity contribution in [2.24, 2.45) is 0 Å². The van der Waals surface area contributed by atoms with Crippen molar-refractivity contribution in [1.82, 2.24) is 19.9 Å². The Labute approximate surface area is 289 Å². The summed E-state index contributed by atoms with van der Waals surface area (Å²) >= 11 is 0. The van der Waals surface area contributed by atoms with Crippen LogP contribution in [0.3, 0.4) is 0 Å². The van der Waals surface area contributed by atoms with Gasteiger partial charge >= 0.3 is 0 Å². The quantitative estimate of drug-likeness (QED) is 0.143. The summed E-state index contributed by atoms with van der Waals surface area (Å²) < 4.78 is 0. The summed E-state index contributed by atoms with van der Waals surface area (Å²) in [4.78, 5) is 18.2. The largest absolute Gasteiger partial charge is 0.399 e. The van der Waals surface area contributed by atoms with Gasteiger partial charge in [0, 0.05) is 55.7 Å². The minimum atomic E-state index is 0.709. The zero-order valence-electron chi connectivity index (χ0n) is 27.1. The minimum absolute atomic E-state index is 0.709. The Morgan fingerprint density at radius 1 is 0.320 bits per heavy atom. The number of nitrogens with zero attached hydrogens (tertiary/aromatic N) is 2. The molecule has 0 saturated carbocycles. The van der Waals surface area contributed by atoms with E-state index in [0.717, 1.165) is 89.4 Å². The highest BCUT2D eigenvalue weighted by Crippen LogP contribution is 2.38. The number of aromatic nitrogens is 4. The molecule has 238 valence electrons. The first-order valence-corrected chi connectivity index (χ1v) is 16.6. The van der Waals surface area contributed by atoms with Crippen molar-refractivity contribution < 1.29 is 0 Å². The second kappa shape index (κ2) is 12.0. The first-order chi connectivity index (χ1) is 24.6. The summed E-state index contributed by atoms with van der Waals surface area (Å²) in [6.07, 6.45) is 8.41. The van der Waals surface area contributed by atoms with Crippen LogP contribution in [0.25, 0.3) is 90.9 Å². The van der Waals surface area contributed by atoms with Crippen molar-refractivity contribution in [3.05, 3.63) is 156 Å². The smallest absolute Gasteiger partial charge is 0.0737 e. The van der Waals surface area contributed by atoms with Gasteiger partial charge in [-0.25, -0.2) is 9.97 Å². The van der Waals surface area contributed by atoms with Crippen LogP contribution >= 0.6 is 0 Å². The van der Waals surface area contributed by atoms with Crippen LogP contribution in [0.5, 0.6) is 0 Å². The van der Waals surface area contributed by atoms with Gasteiger partial charge in [0.05, 0.1) is 22.8 Å². The molecular weight excluding hydrogens is 613 g/mol. The summed E-state index contributed by atoms with van der Waals surface area (Å²) in [5.41, 5.74) is 29.1. The maximum atomic E-state index is 6.14. The van der Waals surface area contributed by atoms with Crippen molar-refractivity contribution in [3.63, 3.8) is 0 Å². The second-order valence-corrected chi connectivity index (χ2v) is 12.5. The Morgan fingerprint density at radius 2 is 0.600 bits per heavy atom. The van der Waals surface area contributed by atoms with Crippen LogP contribution in [-0.2, 0) is 0 Å². The molecule has 0 radical (unpaired) electrons. The second-order valence-electron chi connectivity index (χ2n) is 12.5. The van der Waals surface area contributed by atoms with Crippen molar-refractivity contribution in [2.75, 3.05) is 11.5 Å². The lowest BCUT2D eigenvalue weighted by Crippen LogP contribution is -1.90. The van der Waals surface area contributed by atoms with E-state index >= 15 is 0 Å². The molecule has 2 aliphatic heterocycles. The fourth-order valence-corrected chi connectivity index (χ4v) is 6.93. The number of nitrogen functional groups attached to an aromatic ring is 2. The lowest BCUT2D eigenvalue weighted by atomic mass is 10.0. The van der Waals surface area contributed by atoms with E-state index in [9.17, 15) is 0 Å². The van der Waals surface area contributed by atoms with Gasteiger partial charge in [-0.15, -0.1) is 0 Å². The van der Waals surface area contributed by atoms with E-state index in [-0.39, 0.29) is 0 Å². The Hall–Kier alpha value is -6.92. The van der Waals surface area contributed by atoms with Crippen LogP contribution in [0.2, 0.25) is 0 Å². The number of H-pyrrole nitrogens is 2. The van der Waals surface area contributed by atoms with E-state index in [4.69, 9.17) is 21.4 Å². The number of fused-ring (bicyclic) bond motifs is 8. The molecule has 4 aromatic carbocycles. The lowest BCUT2D eigenvalue weighted by Gasteiger charge is -2.07. The maximum absolute atomic E-state index is 6.14. The number of benzene rings is 4. The molecule has 7 aromatic rings. The number of hydrogen-bond donors (Lipinski definition) is 4. The molecule has 0 amide bonds. The summed E-state index contributed by atoms with van der Waals surface area (Å²) in [5, 5.41) is 0. The molecule has 0 aliphatic carbocycles. The molecule has 9 rings (SSSR count). The van der Waals surface area contributed by atoms with Gasteiger partial charge in [-0.05, 0) is 95.1 Å². The van der Waals surface area contributed by atoms with E-state index in [1.807, 2.05) is 36.4 Å². The van der Waals surface area contributed by atoms with Crippen molar-refractivity contribution in [1.29, 1.82) is 0 Å². The van der Waals surface area contributed by atoms with Crippen LogP contribution in [0.4, 0.5) is 11.4 Å². The van der Waals surface area contributed by atoms with E-state index in [0.29, 0.717) is 11.4 Å². The minimum Gasteiger partial charge on any atom is -0.399 e. The summed E-state index contributed by atoms with van der Waals surface area (Å²) in [6.45, 7) is 0. The molecule has 0 atom stereocenters. The Bertz CT molecular complexity index is 2440. The van der Waals surface area contributed by atoms with Crippen LogP contribution in [-0.4, -0.2) is 19.9 Å². The van der Waals surface area contributed by atoms with Gasteiger partial charge in [0.15, 0.2) is 0 Å². The third-order valence-corrected chi connectivity index (χ3v) is 9.28. The van der Waals surface area contributed by atoms with E-state index in [2.05, 4.69) is 131 Å². The normalized spacial score (nSPS) is 12.0. The van der Waals surface area contributed by atoms with Gasteiger partial charge in [-0.2, -0.15) is 0 Å².